The fraction of sp³-hybridized carbons (Fsp3) is 0.636. The Morgan fingerprint density at radius 2 is 1.87 bits per heavy atom. The van der Waals surface area contributed by atoms with E-state index in [2.05, 4.69) is 20.4 Å². The maximum absolute atomic E-state index is 13.6. The average Bonchev–Trinajstić information content (AvgIpc) is 2.74. The number of piperazine rings is 1. The standard InChI is InChI=1S/C22H33FN4O3/c1-16(21(28)25-22(29)24-19-6-4-3-5-7-19)27-12-10-26(11-13-27)15-17-14-18(23)8-9-20(17)30-2/h8-9,14,16,19H,3-7,10-13,15H2,1-2H3,(H2,24,25,28,29)/t16-/m1/s1. The van der Waals surface area contributed by atoms with E-state index in [1.807, 2.05) is 6.92 Å². The van der Waals surface area contributed by atoms with E-state index in [0.29, 0.717) is 25.4 Å². The highest BCUT2D eigenvalue weighted by Gasteiger charge is 2.27. The summed E-state index contributed by atoms with van der Waals surface area (Å²) in [5, 5.41) is 5.41. The third kappa shape index (κ3) is 6.15. The fourth-order valence-electron chi connectivity index (χ4n) is 4.27. The Hall–Kier alpha value is -2.19. The molecule has 0 aromatic heterocycles. The summed E-state index contributed by atoms with van der Waals surface area (Å²) in [4.78, 5) is 28.9. The average molecular weight is 421 g/mol. The topological polar surface area (TPSA) is 73.9 Å². The van der Waals surface area contributed by atoms with Crippen LogP contribution < -0.4 is 15.4 Å². The molecule has 1 aromatic carbocycles. The second-order valence-electron chi connectivity index (χ2n) is 8.24. The van der Waals surface area contributed by atoms with E-state index >= 15 is 0 Å². The summed E-state index contributed by atoms with van der Waals surface area (Å²) in [6.45, 7) is 5.34. The maximum Gasteiger partial charge on any atom is 0.321 e. The third-order valence-electron chi connectivity index (χ3n) is 6.15. The Morgan fingerprint density at radius 1 is 1.17 bits per heavy atom. The number of nitrogens with zero attached hydrogens (tertiary/aromatic N) is 2. The van der Waals surface area contributed by atoms with Gasteiger partial charge in [-0.2, -0.15) is 0 Å². The van der Waals surface area contributed by atoms with Gasteiger partial charge in [-0.25, -0.2) is 9.18 Å². The predicted molar refractivity (Wildman–Crippen MR) is 113 cm³/mol. The number of urea groups is 1. The van der Waals surface area contributed by atoms with Crippen LogP contribution in [0, 0.1) is 5.82 Å². The summed E-state index contributed by atoms with van der Waals surface area (Å²) in [6, 6.07) is 3.94. The van der Waals surface area contributed by atoms with E-state index in [0.717, 1.165) is 44.3 Å². The Morgan fingerprint density at radius 3 is 2.53 bits per heavy atom. The first-order valence-corrected chi connectivity index (χ1v) is 10.9. The van der Waals surface area contributed by atoms with E-state index in [4.69, 9.17) is 4.74 Å². The van der Waals surface area contributed by atoms with Crippen LogP contribution in [0.1, 0.15) is 44.6 Å². The molecule has 3 rings (SSSR count). The van der Waals surface area contributed by atoms with Gasteiger partial charge >= 0.3 is 6.03 Å². The van der Waals surface area contributed by atoms with Crippen LogP contribution in [-0.2, 0) is 11.3 Å². The van der Waals surface area contributed by atoms with E-state index < -0.39 is 6.03 Å². The first kappa shape index (κ1) is 22.5. The number of nitrogens with one attached hydrogen (secondary N) is 2. The van der Waals surface area contributed by atoms with E-state index in [1.165, 1.54) is 18.6 Å². The Balaban J connectivity index is 1.44. The predicted octanol–water partition coefficient (Wildman–Crippen LogP) is 2.50. The van der Waals surface area contributed by atoms with Gasteiger partial charge in [0, 0.05) is 44.3 Å². The molecule has 166 valence electrons. The molecule has 2 fully saturated rings. The maximum atomic E-state index is 13.6. The quantitative estimate of drug-likeness (QED) is 0.740. The van der Waals surface area contributed by atoms with Gasteiger partial charge in [-0.15, -0.1) is 0 Å². The van der Waals surface area contributed by atoms with Crippen molar-refractivity contribution in [3.8, 4) is 5.75 Å². The molecular formula is C22H33FN4O3. The van der Waals surface area contributed by atoms with Gasteiger partial charge in [0.15, 0.2) is 0 Å². The van der Waals surface area contributed by atoms with Crippen molar-refractivity contribution in [1.82, 2.24) is 20.4 Å². The van der Waals surface area contributed by atoms with E-state index in [1.54, 1.807) is 13.2 Å². The van der Waals surface area contributed by atoms with Crippen molar-refractivity contribution in [2.75, 3.05) is 33.3 Å². The number of ether oxygens (including phenoxy) is 1. The zero-order chi connectivity index (χ0) is 21.5. The number of benzene rings is 1. The molecule has 1 aliphatic heterocycles. The SMILES string of the molecule is COc1ccc(F)cc1CN1CCN([C@H](C)C(=O)NC(=O)NC2CCCCC2)CC1. The Labute approximate surface area is 177 Å². The lowest BCUT2D eigenvalue weighted by atomic mass is 9.96. The molecular weight excluding hydrogens is 387 g/mol. The van der Waals surface area contributed by atoms with Gasteiger partial charge in [0.2, 0.25) is 5.91 Å². The monoisotopic (exact) mass is 420 g/mol. The highest BCUT2D eigenvalue weighted by atomic mass is 19.1. The number of rotatable bonds is 6. The zero-order valence-corrected chi connectivity index (χ0v) is 18.0. The minimum absolute atomic E-state index is 0.171. The lowest BCUT2D eigenvalue weighted by molar-refractivity contribution is -0.125. The molecule has 1 aliphatic carbocycles. The Bertz CT molecular complexity index is 731. The lowest BCUT2D eigenvalue weighted by Crippen LogP contribution is -2.55. The number of halogens is 1. The molecule has 30 heavy (non-hydrogen) atoms. The molecule has 3 amide bonds. The number of carbonyl (C=O) groups excluding carboxylic acids is 2. The molecule has 0 radical (unpaired) electrons. The van der Waals surface area contributed by atoms with Gasteiger partial charge in [-0.3, -0.25) is 19.9 Å². The highest BCUT2D eigenvalue weighted by molar-refractivity contribution is 5.96. The van der Waals surface area contributed by atoms with Crippen LogP contribution in [0.3, 0.4) is 0 Å². The molecule has 7 nitrogen and oxygen atoms in total. The lowest BCUT2D eigenvalue weighted by Gasteiger charge is -2.37. The minimum atomic E-state index is -0.393. The number of imide groups is 1. The molecule has 1 atom stereocenters. The van der Waals surface area contributed by atoms with Gasteiger partial charge in [0.05, 0.1) is 13.2 Å². The fourth-order valence-corrected chi connectivity index (χ4v) is 4.27. The van der Waals surface area contributed by atoms with E-state index in [9.17, 15) is 14.0 Å². The number of carbonyl (C=O) groups is 2. The van der Waals surface area contributed by atoms with Crippen LogP contribution in [0.25, 0.3) is 0 Å². The van der Waals surface area contributed by atoms with Gasteiger partial charge in [0.25, 0.3) is 0 Å². The number of hydrogen-bond acceptors (Lipinski definition) is 5. The molecule has 0 spiro atoms. The molecule has 1 aromatic rings. The summed E-state index contributed by atoms with van der Waals surface area (Å²) < 4.78 is 18.9. The summed E-state index contributed by atoms with van der Waals surface area (Å²) in [5.74, 6) is 0.125. The summed E-state index contributed by atoms with van der Waals surface area (Å²) in [7, 11) is 1.58. The van der Waals surface area contributed by atoms with Crippen molar-refractivity contribution in [2.24, 2.45) is 0 Å². The summed E-state index contributed by atoms with van der Waals surface area (Å²) >= 11 is 0. The van der Waals surface area contributed by atoms with Gasteiger partial charge in [-0.1, -0.05) is 19.3 Å². The van der Waals surface area contributed by atoms with Gasteiger partial charge < -0.3 is 10.1 Å². The van der Waals surface area contributed by atoms with Crippen molar-refractivity contribution < 1.29 is 18.7 Å². The first-order valence-electron chi connectivity index (χ1n) is 10.9. The Kier molecular flexibility index (Phi) is 8.04. The number of amides is 3. The molecule has 8 heteroatoms. The van der Waals surface area contributed by atoms with E-state index in [-0.39, 0.29) is 23.8 Å². The smallest absolute Gasteiger partial charge is 0.321 e. The second kappa shape index (κ2) is 10.7. The van der Waals surface area contributed by atoms with Crippen molar-refractivity contribution >= 4 is 11.9 Å². The van der Waals surface area contributed by atoms with Crippen LogP contribution in [0.5, 0.6) is 5.75 Å². The normalized spacial score (nSPS) is 19.8. The van der Waals surface area contributed by atoms with Crippen LogP contribution in [-0.4, -0.2) is 67.1 Å². The van der Waals surface area contributed by atoms with Crippen LogP contribution in [0.15, 0.2) is 18.2 Å². The molecule has 2 aliphatic rings. The summed E-state index contributed by atoms with van der Waals surface area (Å²) in [5.41, 5.74) is 0.816. The van der Waals surface area contributed by atoms with Crippen molar-refractivity contribution in [3.05, 3.63) is 29.6 Å². The molecule has 0 unspecified atom stereocenters. The molecule has 1 saturated carbocycles. The molecule has 2 N–H and O–H groups in total. The van der Waals surface area contributed by atoms with Crippen LogP contribution in [0.2, 0.25) is 0 Å². The van der Waals surface area contributed by atoms with Crippen molar-refractivity contribution in [1.29, 1.82) is 0 Å². The largest absolute Gasteiger partial charge is 0.496 e. The highest BCUT2D eigenvalue weighted by Crippen LogP contribution is 2.22. The van der Waals surface area contributed by atoms with Crippen LogP contribution in [0.4, 0.5) is 9.18 Å². The summed E-state index contributed by atoms with van der Waals surface area (Å²) in [6.07, 6.45) is 5.43. The number of hydrogen-bond donors (Lipinski definition) is 2. The van der Waals surface area contributed by atoms with Crippen LogP contribution >= 0.6 is 0 Å². The van der Waals surface area contributed by atoms with Crippen molar-refractivity contribution in [3.63, 3.8) is 0 Å². The minimum Gasteiger partial charge on any atom is -0.496 e. The number of methoxy groups -OCH3 is 1. The zero-order valence-electron chi connectivity index (χ0n) is 18.0. The first-order chi connectivity index (χ1) is 14.5. The van der Waals surface area contributed by atoms with Crippen molar-refractivity contribution in [2.45, 2.75) is 57.7 Å². The third-order valence-corrected chi connectivity index (χ3v) is 6.15. The molecule has 0 bridgehead atoms. The molecule has 1 heterocycles. The molecule has 1 saturated heterocycles. The second-order valence-corrected chi connectivity index (χ2v) is 8.24. The van der Waals surface area contributed by atoms with Gasteiger partial charge in [0.1, 0.15) is 11.6 Å². The van der Waals surface area contributed by atoms with Gasteiger partial charge in [-0.05, 0) is 38.0 Å².